The van der Waals surface area contributed by atoms with E-state index in [1.165, 1.54) is 0 Å². The van der Waals surface area contributed by atoms with Crippen molar-refractivity contribution in [2.75, 3.05) is 6.61 Å². The molecule has 0 aliphatic heterocycles. The average molecular weight is 259 g/mol. The molecule has 1 amide bonds. The molecule has 0 bridgehead atoms. The van der Waals surface area contributed by atoms with Crippen LogP contribution in [0.4, 0.5) is 0 Å². The van der Waals surface area contributed by atoms with Crippen molar-refractivity contribution in [2.24, 2.45) is 4.99 Å². The molecule has 3 nitrogen and oxygen atoms in total. The van der Waals surface area contributed by atoms with Gasteiger partial charge in [-0.15, -0.1) is 0 Å². The SMILES string of the molecule is CCO.O=C(N=C=S)c1cccc2ccccc12. The summed E-state index contributed by atoms with van der Waals surface area (Å²) >= 11 is 4.41. The number of carbonyl (C=O) groups is 1. The molecule has 0 atom stereocenters. The van der Waals surface area contributed by atoms with E-state index in [0.29, 0.717) is 5.56 Å². The second-order valence-corrected chi connectivity index (χ2v) is 3.53. The lowest BCUT2D eigenvalue weighted by atomic mass is 10.0. The Kier molecular flexibility index (Phi) is 5.88. The van der Waals surface area contributed by atoms with E-state index in [-0.39, 0.29) is 12.5 Å². The van der Waals surface area contributed by atoms with Crippen molar-refractivity contribution in [3.63, 3.8) is 0 Å². The van der Waals surface area contributed by atoms with Gasteiger partial charge in [0.2, 0.25) is 0 Å². The number of aliphatic hydroxyl groups excluding tert-OH is 1. The van der Waals surface area contributed by atoms with Gasteiger partial charge < -0.3 is 5.11 Å². The summed E-state index contributed by atoms with van der Waals surface area (Å²) in [7, 11) is 0. The molecule has 0 aliphatic carbocycles. The zero-order valence-electron chi connectivity index (χ0n) is 9.96. The number of fused-ring (bicyclic) bond motifs is 1. The molecule has 0 heterocycles. The summed E-state index contributed by atoms with van der Waals surface area (Å²) in [4.78, 5) is 15.0. The first-order chi connectivity index (χ1) is 8.74. The van der Waals surface area contributed by atoms with Crippen molar-refractivity contribution in [1.29, 1.82) is 0 Å². The highest BCUT2D eigenvalue weighted by molar-refractivity contribution is 7.78. The van der Waals surface area contributed by atoms with Gasteiger partial charge in [-0.3, -0.25) is 4.79 Å². The number of aliphatic imine (C=N–C) groups is 1. The summed E-state index contributed by atoms with van der Waals surface area (Å²) in [5.74, 6) is -0.346. The van der Waals surface area contributed by atoms with Gasteiger partial charge >= 0.3 is 0 Å². The molecule has 0 fully saturated rings. The molecular weight excluding hydrogens is 246 g/mol. The maximum absolute atomic E-state index is 11.6. The van der Waals surface area contributed by atoms with Gasteiger partial charge in [-0.1, -0.05) is 36.4 Å². The first-order valence-corrected chi connectivity index (χ1v) is 5.86. The Morgan fingerprint density at radius 3 is 2.56 bits per heavy atom. The van der Waals surface area contributed by atoms with E-state index in [1.54, 1.807) is 13.0 Å². The quantitative estimate of drug-likeness (QED) is 0.632. The predicted octanol–water partition coefficient (Wildman–Crippen LogP) is 3.08. The monoisotopic (exact) mass is 259 g/mol. The lowest BCUT2D eigenvalue weighted by molar-refractivity contribution is 0.101. The van der Waals surface area contributed by atoms with Crippen molar-refractivity contribution in [2.45, 2.75) is 6.92 Å². The van der Waals surface area contributed by atoms with Crippen LogP contribution in [0.3, 0.4) is 0 Å². The van der Waals surface area contributed by atoms with Gasteiger partial charge in [0.25, 0.3) is 5.91 Å². The summed E-state index contributed by atoms with van der Waals surface area (Å²) in [5, 5.41) is 11.6. The van der Waals surface area contributed by atoms with Gasteiger partial charge in [0.1, 0.15) is 0 Å². The maximum atomic E-state index is 11.6. The number of nitrogens with zero attached hydrogens (tertiary/aromatic N) is 1. The van der Waals surface area contributed by atoms with Crippen molar-refractivity contribution in [3.8, 4) is 0 Å². The Hall–Kier alpha value is -1.87. The molecule has 1 N–H and O–H groups in total. The summed E-state index contributed by atoms with van der Waals surface area (Å²) in [6, 6.07) is 13.2. The van der Waals surface area contributed by atoms with Gasteiger partial charge in [-0.2, -0.15) is 4.99 Å². The predicted molar refractivity (Wildman–Crippen MR) is 76.1 cm³/mol. The van der Waals surface area contributed by atoms with Gasteiger partial charge in [-0.05, 0) is 36.0 Å². The third kappa shape index (κ3) is 3.57. The molecule has 0 aromatic heterocycles. The fourth-order valence-electron chi connectivity index (χ4n) is 1.51. The largest absolute Gasteiger partial charge is 0.397 e. The molecule has 2 aromatic rings. The number of carbonyl (C=O) groups excluding carboxylic acids is 1. The average Bonchev–Trinajstić information content (AvgIpc) is 2.39. The zero-order valence-corrected chi connectivity index (χ0v) is 10.8. The molecule has 18 heavy (non-hydrogen) atoms. The standard InChI is InChI=1S/C12H7NOS.C2H6O/c14-12(13-8-15)11-7-3-5-9-4-1-2-6-10(9)11;1-2-3/h1-7H;3H,2H2,1H3. The van der Waals surface area contributed by atoms with E-state index >= 15 is 0 Å². The fraction of sp³-hybridized carbons (Fsp3) is 0.143. The third-order valence-electron chi connectivity index (χ3n) is 2.17. The zero-order chi connectivity index (χ0) is 13.4. The molecule has 2 aromatic carbocycles. The number of rotatable bonds is 1. The van der Waals surface area contributed by atoms with Crippen molar-refractivity contribution in [1.82, 2.24) is 0 Å². The first kappa shape index (κ1) is 14.2. The number of amides is 1. The van der Waals surface area contributed by atoms with Crippen LogP contribution in [0.2, 0.25) is 0 Å². The fourth-order valence-corrected chi connectivity index (χ4v) is 1.60. The van der Waals surface area contributed by atoms with Crippen molar-refractivity contribution in [3.05, 3.63) is 48.0 Å². The van der Waals surface area contributed by atoms with Crippen LogP contribution in [-0.4, -0.2) is 22.8 Å². The van der Waals surface area contributed by atoms with E-state index < -0.39 is 0 Å². The highest BCUT2D eigenvalue weighted by Gasteiger charge is 2.07. The second kappa shape index (κ2) is 7.45. The van der Waals surface area contributed by atoms with Crippen LogP contribution in [0, 0.1) is 0 Å². The van der Waals surface area contributed by atoms with Crippen LogP contribution in [0.25, 0.3) is 10.8 Å². The molecular formula is C14H13NO2S. The van der Waals surface area contributed by atoms with E-state index in [4.69, 9.17) is 5.11 Å². The Labute approximate surface area is 111 Å². The molecule has 0 saturated heterocycles. The normalized spacial score (nSPS) is 9.00. The molecule has 4 heteroatoms. The number of isothiocyanates is 1. The topological polar surface area (TPSA) is 49.7 Å². The van der Waals surface area contributed by atoms with Crippen LogP contribution >= 0.6 is 12.2 Å². The lowest BCUT2D eigenvalue weighted by Crippen LogP contribution is -1.94. The molecule has 0 aliphatic rings. The minimum Gasteiger partial charge on any atom is -0.397 e. The Balaban J connectivity index is 0.000000492. The number of hydrogen-bond donors (Lipinski definition) is 1. The smallest absolute Gasteiger partial charge is 0.286 e. The van der Waals surface area contributed by atoms with Gasteiger partial charge in [0.05, 0.1) is 10.7 Å². The van der Waals surface area contributed by atoms with Crippen LogP contribution < -0.4 is 0 Å². The highest BCUT2D eigenvalue weighted by atomic mass is 32.1. The molecule has 0 spiro atoms. The first-order valence-electron chi connectivity index (χ1n) is 5.45. The van der Waals surface area contributed by atoms with Gasteiger partial charge in [0, 0.05) is 6.61 Å². The third-order valence-corrected chi connectivity index (χ3v) is 2.26. The lowest BCUT2D eigenvalue weighted by Gasteiger charge is -2.01. The summed E-state index contributed by atoms with van der Waals surface area (Å²) in [5.41, 5.74) is 0.561. The molecule has 92 valence electrons. The Morgan fingerprint density at radius 2 is 1.89 bits per heavy atom. The number of hydrogen-bond acceptors (Lipinski definition) is 3. The van der Waals surface area contributed by atoms with E-state index in [1.807, 2.05) is 36.4 Å². The molecule has 0 radical (unpaired) electrons. The number of benzene rings is 2. The Morgan fingerprint density at radius 1 is 1.28 bits per heavy atom. The van der Waals surface area contributed by atoms with E-state index in [0.717, 1.165) is 10.8 Å². The van der Waals surface area contributed by atoms with Crippen LogP contribution in [0.15, 0.2) is 47.5 Å². The summed E-state index contributed by atoms with van der Waals surface area (Å²) in [6.45, 7) is 1.93. The minimum absolute atomic E-state index is 0.250. The van der Waals surface area contributed by atoms with E-state index in [9.17, 15) is 4.79 Å². The minimum atomic E-state index is -0.346. The molecule has 0 saturated carbocycles. The van der Waals surface area contributed by atoms with Crippen molar-refractivity contribution >= 4 is 34.1 Å². The molecule has 0 unspecified atom stereocenters. The maximum Gasteiger partial charge on any atom is 0.286 e. The molecule has 2 rings (SSSR count). The highest BCUT2D eigenvalue weighted by Crippen LogP contribution is 2.18. The van der Waals surface area contributed by atoms with Crippen LogP contribution in [0.5, 0.6) is 0 Å². The number of thiocarbonyl (C=S) groups is 1. The summed E-state index contributed by atoms with van der Waals surface area (Å²) in [6.07, 6.45) is 0. The van der Waals surface area contributed by atoms with Gasteiger partial charge in [-0.25, -0.2) is 0 Å². The van der Waals surface area contributed by atoms with Gasteiger partial charge in [0.15, 0.2) is 0 Å². The van der Waals surface area contributed by atoms with E-state index in [2.05, 4.69) is 22.4 Å². The number of aliphatic hydroxyl groups is 1. The van der Waals surface area contributed by atoms with Crippen LogP contribution in [0.1, 0.15) is 17.3 Å². The summed E-state index contributed by atoms with van der Waals surface area (Å²) < 4.78 is 0. The Bertz CT molecular complexity index is 584. The van der Waals surface area contributed by atoms with Crippen molar-refractivity contribution < 1.29 is 9.90 Å². The van der Waals surface area contributed by atoms with Crippen LogP contribution in [-0.2, 0) is 0 Å². The second-order valence-electron chi connectivity index (χ2n) is 3.35.